The fourth-order valence-electron chi connectivity index (χ4n) is 4.74. The molecular formula is C24H19N5NaO8PS. The second kappa shape index (κ2) is 10.4. The number of fused-ring (bicyclic) bond motifs is 3. The van der Waals surface area contributed by atoms with Crippen molar-refractivity contribution in [2.75, 3.05) is 6.61 Å². The maximum atomic E-state index is 13.6. The molecule has 2 aliphatic heterocycles. The second-order valence-corrected chi connectivity index (χ2v) is 11.4. The van der Waals surface area contributed by atoms with E-state index in [2.05, 4.69) is 15.0 Å². The van der Waals surface area contributed by atoms with Crippen molar-refractivity contribution < 1.29 is 63.0 Å². The van der Waals surface area contributed by atoms with Crippen molar-refractivity contribution in [3.63, 3.8) is 0 Å². The summed E-state index contributed by atoms with van der Waals surface area (Å²) < 4.78 is 30.5. The molecule has 1 unspecified atom stereocenters. The normalized spacial score (nSPS) is 26.1. The molecule has 5 heterocycles. The van der Waals surface area contributed by atoms with Gasteiger partial charge in [-0.3, -0.25) is 13.9 Å². The predicted octanol–water partition coefficient (Wildman–Crippen LogP) is -0.958. The van der Waals surface area contributed by atoms with Crippen molar-refractivity contribution in [2.24, 2.45) is 0 Å². The van der Waals surface area contributed by atoms with Crippen LogP contribution in [-0.4, -0.2) is 59.1 Å². The van der Waals surface area contributed by atoms with Crippen LogP contribution in [0.1, 0.15) is 6.23 Å². The van der Waals surface area contributed by atoms with Gasteiger partial charge in [0, 0.05) is 11.1 Å². The van der Waals surface area contributed by atoms with Gasteiger partial charge in [0.25, 0.3) is 13.4 Å². The van der Waals surface area contributed by atoms with Gasteiger partial charge in [0.1, 0.15) is 24.1 Å². The number of benzene rings is 2. The van der Waals surface area contributed by atoms with Gasteiger partial charge in [0.05, 0.1) is 12.3 Å². The van der Waals surface area contributed by atoms with Crippen LogP contribution >= 0.6 is 19.6 Å². The van der Waals surface area contributed by atoms with E-state index in [1.807, 2.05) is 30.3 Å². The van der Waals surface area contributed by atoms with Crippen LogP contribution < -0.4 is 40.0 Å². The number of aliphatic hydroxyl groups excluding tert-OH is 1. The van der Waals surface area contributed by atoms with E-state index < -0.39 is 37.9 Å². The first-order valence-corrected chi connectivity index (χ1v) is 14.1. The number of phosphoric ester groups is 1. The molecule has 5 aromatic rings. The molecule has 0 saturated carbocycles. The first kappa shape index (κ1) is 27.7. The number of aromatic hydroxyl groups is 1. The minimum Gasteiger partial charge on any atom is -0.756 e. The summed E-state index contributed by atoms with van der Waals surface area (Å²) in [5.74, 6) is 0.316. The van der Waals surface area contributed by atoms with Gasteiger partial charge in [-0.25, -0.2) is 9.38 Å². The molecule has 200 valence electrons. The van der Waals surface area contributed by atoms with Crippen molar-refractivity contribution >= 4 is 36.5 Å². The number of H-pyrrole nitrogens is 1. The number of hydrogen-bond donors (Lipinski definition) is 3. The summed E-state index contributed by atoms with van der Waals surface area (Å²) in [4.78, 5) is 38.5. The quantitative estimate of drug-likeness (QED) is 0.173. The van der Waals surface area contributed by atoms with E-state index >= 15 is 0 Å². The number of rotatable bonds is 4. The topological polar surface area (TPSA) is 176 Å². The van der Waals surface area contributed by atoms with Gasteiger partial charge < -0.3 is 33.9 Å². The number of phenolic OH excluding ortho intramolecular Hbond substituents is 1. The van der Waals surface area contributed by atoms with Crippen molar-refractivity contribution in [2.45, 2.75) is 34.6 Å². The number of nitrogens with zero attached hydrogens (tertiary/aromatic N) is 4. The molecule has 0 radical (unpaired) electrons. The van der Waals surface area contributed by atoms with E-state index in [9.17, 15) is 24.5 Å². The van der Waals surface area contributed by atoms with Crippen LogP contribution in [0, 0.1) is 0 Å². The van der Waals surface area contributed by atoms with E-state index in [1.165, 1.54) is 21.1 Å². The zero-order valence-corrected chi connectivity index (χ0v) is 24.5. The molecule has 0 aliphatic carbocycles. The Hall–Kier alpha value is -2.49. The molecule has 5 atom stereocenters. The summed E-state index contributed by atoms with van der Waals surface area (Å²) in [6.45, 7) is -0.330. The molecule has 2 saturated heterocycles. The van der Waals surface area contributed by atoms with Crippen LogP contribution in [0.25, 0.3) is 28.2 Å². The minimum atomic E-state index is -4.60. The van der Waals surface area contributed by atoms with Gasteiger partial charge in [-0.2, -0.15) is 4.98 Å². The second-order valence-electron chi connectivity index (χ2n) is 9.05. The van der Waals surface area contributed by atoms with E-state index in [1.54, 1.807) is 18.3 Å². The number of hydrogen-bond acceptors (Lipinski definition) is 11. The Labute approximate surface area is 251 Å². The standard InChI is InChI=1S/C24H20N5O8PS.Na/c30-13-6-8-14(9-7-13)39-24-26-17-20(29(24)22-18(31)19-16(36-22)11-35-38(33,34)37-19)27-23-25-15(10-28(23)21(17)32)12-4-2-1-3-5-12;/h1-10,16,18-19,22,30-31H,11H2,(H,25,27)(H,33,34);/q;+1/p-1/t16-,18-,19-,22-;/m1./s1. The molecule has 0 bridgehead atoms. The molecule has 40 heavy (non-hydrogen) atoms. The van der Waals surface area contributed by atoms with Crippen molar-refractivity contribution in [3.8, 4) is 17.0 Å². The molecule has 7 rings (SSSR count). The van der Waals surface area contributed by atoms with Gasteiger partial charge in [-0.1, -0.05) is 42.1 Å². The summed E-state index contributed by atoms with van der Waals surface area (Å²) in [5.41, 5.74) is 1.21. The fraction of sp³-hybridized carbons (Fsp3) is 0.208. The van der Waals surface area contributed by atoms with E-state index in [-0.39, 0.29) is 64.0 Å². The molecule has 0 spiro atoms. The van der Waals surface area contributed by atoms with Gasteiger partial charge in [-0.05, 0) is 29.8 Å². The maximum Gasteiger partial charge on any atom is 1.00 e. The number of ether oxygens (including phenoxy) is 1. The Morgan fingerprint density at radius 1 is 1.12 bits per heavy atom. The predicted molar refractivity (Wildman–Crippen MR) is 135 cm³/mol. The summed E-state index contributed by atoms with van der Waals surface area (Å²) in [6.07, 6.45) is -3.09. The number of aliphatic hydroxyl groups is 1. The third kappa shape index (κ3) is 4.73. The number of nitrogens with one attached hydrogen (secondary N) is 1. The number of aromatic nitrogens is 5. The fourth-order valence-corrected chi connectivity index (χ4v) is 6.59. The van der Waals surface area contributed by atoms with Crippen molar-refractivity contribution in [3.05, 3.63) is 71.1 Å². The molecule has 2 fully saturated rings. The number of phenols is 1. The SMILES string of the molecule is O=c1c2nc(Sc3ccc(O)cc3)n([C@@H]3O[C@@H]4COP(=O)([O-])O[C@H]4[C@H]3O)c2nc2[nH]c(-c3ccccc3)cn12.[Na+]. The third-order valence-corrected chi connectivity index (χ3v) is 8.51. The van der Waals surface area contributed by atoms with Gasteiger partial charge in [-0.15, -0.1) is 0 Å². The number of phosphoric acid groups is 1. The third-order valence-electron chi connectivity index (χ3n) is 6.56. The van der Waals surface area contributed by atoms with E-state index in [0.717, 1.165) is 17.3 Å². The zero-order chi connectivity index (χ0) is 26.9. The van der Waals surface area contributed by atoms with Crippen LogP contribution in [0.2, 0.25) is 0 Å². The molecule has 3 aromatic heterocycles. The monoisotopic (exact) mass is 591 g/mol. The summed E-state index contributed by atoms with van der Waals surface area (Å²) in [5, 5.41) is 21.1. The average Bonchev–Trinajstić information content (AvgIpc) is 3.60. The smallest absolute Gasteiger partial charge is 0.756 e. The Kier molecular flexibility index (Phi) is 7.20. The molecule has 0 amide bonds. The van der Waals surface area contributed by atoms with Crippen LogP contribution in [-0.2, 0) is 18.3 Å². The van der Waals surface area contributed by atoms with Crippen LogP contribution in [0.3, 0.4) is 0 Å². The van der Waals surface area contributed by atoms with Crippen LogP contribution in [0.5, 0.6) is 5.75 Å². The minimum absolute atomic E-state index is 0. The summed E-state index contributed by atoms with van der Waals surface area (Å²) in [7, 11) is -4.60. The van der Waals surface area contributed by atoms with E-state index in [0.29, 0.717) is 10.6 Å². The van der Waals surface area contributed by atoms with Crippen molar-refractivity contribution in [1.82, 2.24) is 23.9 Å². The number of imidazole rings is 2. The summed E-state index contributed by atoms with van der Waals surface area (Å²) >= 11 is 1.15. The Balaban J connectivity index is 0.00000289. The largest absolute Gasteiger partial charge is 1.00 e. The summed E-state index contributed by atoms with van der Waals surface area (Å²) in [6, 6.07) is 15.8. The first-order chi connectivity index (χ1) is 18.8. The number of aromatic amines is 1. The zero-order valence-electron chi connectivity index (χ0n) is 20.8. The maximum absolute atomic E-state index is 13.6. The Morgan fingerprint density at radius 3 is 2.62 bits per heavy atom. The Morgan fingerprint density at radius 2 is 1.88 bits per heavy atom. The van der Waals surface area contributed by atoms with Gasteiger partial charge in [0.15, 0.2) is 22.5 Å². The molecule has 2 aliphatic rings. The molecule has 2 aromatic carbocycles. The molecule has 16 heteroatoms. The van der Waals surface area contributed by atoms with Gasteiger partial charge >= 0.3 is 29.6 Å². The van der Waals surface area contributed by atoms with E-state index in [4.69, 9.17) is 13.8 Å². The first-order valence-electron chi connectivity index (χ1n) is 11.8. The molecule has 3 N–H and O–H groups in total. The average molecular weight is 591 g/mol. The van der Waals surface area contributed by atoms with Crippen molar-refractivity contribution in [1.29, 1.82) is 0 Å². The molecular weight excluding hydrogens is 572 g/mol. The Bertz CT molecular complexity index is 1830. The van der Waals surface area contributed by atoms with Crippen LogP contribution in [0.15, 0.2) is 75.6 Å². The van der Waals surface area contributed by atoms with Gasteiger partial charge in [0.2, 0.25) is 5.78 Å². The molecule has 13 nitrogen and oxygen atoms in total. The van der Waals surface area contributed by atoms with Crippen LogP contribution in [0.4, 0.5) is 0 Å².